The molecule has 0 saturated carbocycles. The minimum Gasteiger partial charge on any atom is -0.488 e. The third-order valence-electron chi connectivity index (χ3n) is 4.70. The summed E-state index contributed by atoms with van der Waals surface area (Å²) in [7, 11) is 0. The first-order chi connectivity index (χ1) is 14.6. The number of imide groups is 1. The molecule has 1 aliphatic heterocycles. The van der Waals surface area contributed by atoms with Gasteiger partial charge in [0.05, 0.1) is 6.54 Å². The van der Waals surface area contributed by atoms with Gasteiger partial charge in [0.15, 0.2) is 0 Å². The van der Waals surface area contributed by atoms with Crippen molar-refractivity contribution < 1.29 is 18.7 Å². The van der Waals surface area contributed by atoms with Crippen LogP contribution in [0.1, 0.15) is 16.7 Å². The SMILES string of the molecule is O=C1N/C(=C/c2ccccc2OCc2ccccc2)C(=O)N1Cc1ccccc1F. The molecular formula is C24H19FN2O3. The molecule has 1 heterocycles. The Labute approximate surface area is 173 Å². The van der Waals surface area contributed by atoms with Crippen molar-refractivity contribution in [3.8, 4) is 5.75 Å². The first-order valence-corrected chi connectivity index (χ1v) is 9.45. The van der Waals surface area contributed by atoms with Crippen molar-refractivity contribution >= 4 is 18.0 Å². The van der Waals surface area contributed by atoms with Crippen LogP contribution in [0.15, 0.2) is 84.6 Å². The predicted octanol–water partition coefficient (Wildman–Crippen LogP) is 4.50. The van der Waals surface area contributed by atoms with Crippen molar-refractivity contribution in [3.05, 3.63) is 107 Å². The summed E-state index contributed by atoms with van der Waals surface area (Å²) >= 11 is 0. The number of para-hydroxylation sites is 1. The number of hydrogen-bond donors (Lipinski definition) is 1. The quantitative estimate of drug-likeness (QED) is 0.488. The number of nitrogens with zero attached hydrogens (tertiary/aromatic N) is 1. The maximum atomic E-state index is 13.9. The Morgan fingerprint density at radius 3 is 2.40 bits per heavy atom. The van der Waals surface area contributed by atoms with Gasteiger partial charge < -0.3 is 10.1 Å². The lowest BCUT2D eigenvalue weighted by Gasteiger charge is -2.12. The van der Waals surface area contributed by atoms with E-state index >= 15 is 0 Å². The van der Waals surface area contributed by atoms with Gasteiger partial charge in [-0.1, -0.05) is 66.7 Å². The lowest BCUT2D eigenvalue weighted by molar-refractivity contribution is -0.123. The molecule has 1 aliphatic rings. The van der Waals surface area contributed by atoms with Crippen molar-refractivity contribution in [1.82, 2.24) is 10.2 Å². The number of urea groups is 1. The van der Waals surface area contributed by atoms with Crippen molar-refractivity contribution in [1.29, 1.82) is 0 Å². The van der Waals surface area contributed by atoms with Gasteiger partial charge in [-0.05, 0) is 23.8 Å². The van der Waals surface area contributed by atoms with Gasteiger partial charge in [-0.2, -0.15) is 0 Å². The molecule has 30 heavy (non-hydrogen) atoms. The first-order valence-electron chi connectivity index (χ1n) is 9.45. The molecule has 4 rings (SSSR count). The number of hydrogen-bond acceptors (Lipinski definition) is 3. The van der Waals surface area contributed by atoms with Crippen molar-refractivity contribution in [2.45, 2.75) is 13.2 Å². The van der Waals surface area contributed by atoms with Crippen LogP contribution in [0.5, 0.6) is 5.75 Å². The van der Waals surface area contributed by atoms with E-state index in [4.69, 9.17) is 4.74 Å². The number of halogens is 1. The van der Waals surface area contributed by atoms with Gasteiger partial charge in [0.25, 0.3) is 5.91 Å². The van der Waals surface area contributed by atoms with E-state index in [1.54, 1.807) is 36.4 Å². The van der Waals surface area contributed by atoms with Crippen LogP contribution in [0.4, 0.5) is 9.18 Å². The van der Waals surface area contributed by atoms with E-state index in [2.05, 4.69) is 5.32 Å². The topological polar surface area (TPSA) is 58.6 Å². The van der Waals surface area contributed by atoms with Crippen LogP contribution < -0.4 is 10.1 Å². The molecule has 0 radical (unpaired) electrons. The van der Waals surface area contributed by atoms with Crippen LogP contribution in [0.2, 0.25) is 0 Å². The van der Waals surface area contributed by atoms with Crippen LogP contribution in [-0.2, 0) is 17.9 Å². The predicted molar refractivity (Wildman–Crippen MR) is 111 cm³/mol. The second-order valence-corrected chi connectivity index (χ2v) is 6.78. The van der Waals surface area contributed by atoms with Crippen molar-refractivity contribution in [2.24, 2.45) is 0 Å². The van der Waals surface area contributed by atoms with Gasteiger partial charge in [0.2, 0.25) is 0 Å². The molecule has 1 fully saturated rings. The van der Waals surface area contributed by atoms with Crippen molar-refractivity contribution in [2.75, 3.05) is 0 Å². The fraction of sp³-hybridized carbons (Fsp3) is 0.0833. The Hall–Kier alpha value is -3.93. The minimum atomic E-state index is -0.586. The lowest BCUT2D eigenvalue weighted by Crippen LogP contribution is -2.30. The summed E-state index contributed by atoms with van der Waals surface area (Å²) in [4.78, 5) is 26.0. The Morgan fingerprint density at radius 1 is 0.900 bits per heavy atom. The maximum absolute atomic E-state index is 13.9. The fourth-order valence-electron chi connectivity index (χ4n) is 3.13. The summed E-state index contributed by atoms with van der Waals surface area (Å²) in [6.45, 7) is 0.238. The summed E-state index contributed by atoms with van der Waals surface area (Å²) in [5.41, 5.74) is 2.06. The van der Waals surface area contributed by atoms with Crippen LogP contribution in [0.25, 0.3) is 6.08 Å². The molecule has 6 heteroatoms. The van der Waals surface area contributed by atoms with E-state index in [1.807, 2.05) is 42.5 Å². The highest BCUT2D eigenvalue weighted by Crippen LogP contribution is 2.24. The van der Waals surface area contributed by atoms with E-state index in [-0.39, 0.29) is 17.8 Å². The smallest absolute Gasteiger partial charge is 0.329 e. The molecule has 150 valence electrons. The molecule has 3 aromatic carbocycles. The minimum absolute atomic E-state index is 0.118. The first kappa shape index (κ1) is 19.4. The Balaban J connectivity index is 1.53. The number of amides is 3. The molecule has 1 saturated heterocycles. The zero-order chi connectivity index (χ0) is 20.9. The van der Waals surface area contributed by atoms with E-state index < -0.39 is 17.8 Å². The summed E-state index contributed by atoms with van der Waals surface area (Å²) < 4.78 is 19.8. The van der Waals surface area contributed by atoms with E-state index in [9.17, 15) is 14.0 Å². The molecule has 1 N–H and O–H groups in total. The molecule has 0 spiro atoms. The van der Waals surface area contributed by atoms with Gasteiger partial charge in [-0.25, -0.2) is 9.18 Å². The number of benzene rings is 3. The standard InChI is InChI=1S/C24H19FN2O3/c25-20-12-6-4-11-19(20)15-27-23(28)21(26-24(27)29)14-18-10-5-7-13-22(18)30-16-17-8-2-1-3-9-17/h1-14H,15-16H2,(H,26,29)/b21-14+. The lowest BCUT2D eigenvalue weighted by atomic mass is 10.1. The summed E-state index contributed by atoms with van der Waals surface area (Å²) in [6.07, 6.45) is 1.57. The highest BCUT2D eigenvalue weighted by molar-refractivity contribution is 6.14. The molecule has 0 bridgehead atoms. The molecule has 0 atom stereocenters. The summed E-state index contributed by atoms with van der Waals surface area (Å²) in [5.74, 6) is -0.389. The number of nitrogens with one attached hydrogen (secondary N) is 1. The third-order valence-corrected chi connectivity index (χ3v) is 4.70. The van der Waals surface area contributed by atoms with Crippen LogP contribution in [0.3, 0.4) is 0 Å². The molecular weight excluding hydrogens is 383 g/mol. The Morgan fingerprint density at radius 2 is 1.60 bits per heavy atom. The molecule has 3 amide bonds. The molecule has 0 unspecified atom stereocenters. The highest BCUT2D eigenvalue weighted by atomic mass is 19.1. The van der Waals surface area contributed by atoms with Crippen LogP contribution in [-0.4, -0.2) is 16.8 Å². The van der Waals surface area contributed by atoms with Gasteiger partial charge in [-0.15, -0.1) is 0 Å². The number of ether oxygens (including phenoxy) is 1. The molecule has 5 nitrogen and oxygen atoms in total. The number of carbonyl (C=O) groups excluding carboxylic acids is 2. The normalized spacial score (nSPS) is 14.8. The zero-order valence-corrected chi connectivity index (χ0v) is 16.0. The second-order valence-electron chi connectivity index (χ2n) is 6.78. The number of carbonyl (C=O) groups is 2. The molecule has 0 aliphatic carbocycles. The summed E-state index contributed by atoms with van der Waals surface area (Å²) in [6, 6.07) is 22.5. The summed E-state index contributed by atoms with van der Waals surface area (Å²) in [5, 5.41) is 2.56. The van der Waals surface area contributed by atoms with Gasteiger partial charge in [-0.3, -0.25) is 9.69 Å². The fourth-order valence-corrected chi connectivity index (χ4v) is 3.13. The van der Waals surface area contributed by atoms with Crippen molar-refractivity contribution in [3.63, 3.8) is 0 Å². The largest absolute Gasteiger partial charge is 0.488 e. The van der Waals surface area contributed by atoms with Crippen LogP contribution in [0, 0.1) is 5.82 Å². The van der Waals surface area contributed by atoms with Gasteiger partial charge >= 0.3 is 6.03 Å². The average Bonchev–Trinajstić information content (AvgIpc) is 3.03. The average molecular weight is 402 g/mol. The zero-order valence-electron chi connectivity index (χ0n) is 16.0. The molecule has 0 aromatic heterocycles. The second kappa shape index (κ2) is 8.61. The Kier molecular flexibility index (Phi) is 5.57. The van der Waals surface area contributed by atoms with Gasteiger partial charge in [0, 0.05) is 11.1 Å². The van der Waals surface area contributed by atoms with E-state index in [0.717, 1.165) is 10.5 Å². The number of rotatable bonds is 6. The molecule has 3 aromatic rings. The van der Waals surface area contributed by atoms with E-state index in [0.29, 0.717) is 17.9 Å². The van der Waals surface area contributed by atoms with Crippen LogP contribution >= 0.6 is 0 Å². The maximum Gasteiger partial charge on any atom is 0.329 e. The van der Waals surface area contributed by atoms with Gasteiger partial charge in [0.1, 0.15) is 23.9 Å². The Bertz CT molecular complexity index is 1110. The third kappa shape index (κ3) is 4.22. The monoisotopic (exact) mass is 402 g/mol. The van der Waals surface area contributed by atoms with E-state index in [1.165, 1.54) is 6.07 Å². The highest BCUT2D eigenvalue weighted by Gasteiger charge is 2.34.